The highest BCUT2D eigenvalue weighted by atomic mass is 16.3. The predicted octanol–water partition coefficient (Wildman–Crippen LogP) is 6.49. The van der Waals surface area contributed by atoms with Crippen LogP contribution in [-0.4, -0.2) is 55.7 Å². The summed E-state index contributed by atoms with van der Waals surface area (Å²) >= 11 is 0. The molecule has 6 heteroatoms. The van der Waals surface area contributed by atoms with E-state index in [1.54, 1.807) is 0 Å². The second-order valence-electron chi connectivity index (χ2n) is 18.0. The number of allylic oxidation sites excluding steroid dienone is 1. The number of rotatable bonds is 0. The van der Waals surface area contributed by atoms with Crippen LogP contribution in [0.5, 0.6) is 0 Å². The molecule has 7 fully saturated rings. The van der Waals surface area contributed by atoms with E-state index in [0.29, 0.717) is 36.0 Å². The van der Waals surface area contributed by atoms with Crippen LogP contribution in [0.25, 0.3) is 0 Å². The second kappa shape index (κ2) is 10.8. The maximum atomic E-state index is 11.9. The molecule has 0 aromatic carbocycles. The van der Waals surface area contributed by atoms with Crippen molar-refractivity contribution >= 4 is 5.78 Å². The van der Waals surface area contributed by atoms with Crippen LogP contribution in [0.1, 0.15) is 130 Å². The molecular formula is C38H60O6. The number of aliphatic hydroxyl groups is 5. The zero-order chi connectivity index (χ0) is 31.4. The zero-order valence-corrected chi connectivity index (χ0v) is 27.8. The Balaban J connectivity index is 0.000000142. The van der Waals surface area contributed by atoms with Crippen LogP contribution < -0.4 is 0 Å². The molecule has 0 heterocycles. The van der Waals surface area contributed by atoms with Gasteiger partial charge in [-0.15, -0.1) is 0 Å². The Bertz CT molecular complexity index is 1180. The molecule has 8 aliphatic rings. The first-order valence-electron chi connectivity index (χ1n) is 18.4. The Labute approximate surface area is 265 Å². The van der Waals surface area contributed by atoms with Crippen molar-refractivity contribution in [1.29, 1.82) is 0 Å². The first-order valence-corrected chi connectivity index (χ1v) is 18.4. The van der Waals surface area contributed by atoms with Crippen LogP contribution in [0.3, 0.4) is 0 Å². The van der Waals surface area contributed by atoms with E-state index in [1.165, 1.54) is 19.3 Å². The van der Waals surface area contributed by atoms with Crippen LogP contribution in [0, 0.1) is 63.1 Å². The molecule has 0 saturated heterocycles. The Kier molecular flexibility index (Phi) is 7.76. The molecule has 248 valence electrons. The molecule has 0 radical (unpaired) electrons. The Morgan fingerprint density at radius 3 is 1.70 bits per heavy atom. The van der Waals surface area contributed by atoms with Crippen molar-refractivity contribution in [2.75, 3.05) is 0 Å². The van der Waals surface area contributed by atoms with Crippen molar-refractivity contribution in [3.05, 3.63) is 11.3 Å². The minimum atomic E-state index is -0.526. The quantitative estimate of drug-likeness (QED) is 0.214. The summed E-state index contributed by atoms with van der Waals surface area (Å²) < 4.78 is 0. The minimum Gasteiger partial charge on any atom is -0.504 e. The third-order valence-electron chi connectivity index (χ3n) is 16.7. The van der Waals surface area contributed by atoms with Gasteiger partial charge in [-0.05, 0) is 165 Å². The Morgan fingerprint density at radius 1 is 0.545 bits per heavy atom. The minimum absolute atomic E-state index is 0.00970. The third kappa shape index (κ3) is 4.35. The van der Waals surface area contributed by atoms with Crippen LogP contribution in [0.2, 0.25) is 0 Å². The summed E-state index contributed by atoms with van der Waals surface area (Å²) in [6, 6.07) is 0. The largest absolute Gasteiger partial charge is 0.504 e. The van der Waals surface area contributed by atoms with Crippen molar-refractivity contribution in [2.24, 2.45) is 63.1 Å². The van der Waals surface area contributed by atoms with Gasteiger partial charge in [-0.3, -0.25) is 4.79 Å². The summed E-state index contributed by atoms with van der Waals surface area (Å²) in [7, 11) is 0. The van der Waals surface area contributed by atoms with Crippen molar-refractivity contribution in [3.8, 4) is 0 Å². The lowest BCUT2D eigenvalue weighted by atomic mass is 9.44. The van der Waals surface area contributed by atoms with Gasteiger partial charge in [0.1, 0.15) is 0 Å². The average Bonchev–Trinajstić information content (AvgIpc) is 3.48. The van der Waals surface area contributed by atoms with Gasteiger partial charge in [0.05, 0.1) is 24.4 Å². The summed E-state index contributed by atoms with van der Waals surface area (Å²) in [5.74, 6) is 4.24. The fourth-order valence-corrected chi connectivity index (χ4v) is 13.9. The van der Waals surface area contributed by atoms with Crippen molar-refractivity contribution in [3.63, 3.8) is 0 Å². The lowest BCUT2D eigenvalue weighted by Crippen LogP contribution is -2.58. The van der Waals surface area contributed by atoms with Gasteiger partial charge in [-0.25, -0.2) is 0 Å². The molecule has 0 aromatic heterocycles. The molecule has 8 rings (SSSR count). The Hall–Kier alpha value is -0.950. The summed E-state index contributed by atoms with van der Waals surface area (Å²) in [6.07, 6.45) is 15.0. The van der Waals surface area contributed by atoms with E-state index in [-0.39, 0.29) is 51.3 Å². The number of fused-ring (bicyclic) bond motifs is 10. The maximum absolute atomic E-state index is 11.9. The van der Waals surface area contributed by atoms with Crippen molar-refractivity contribution in [1.82, 2.24) is 0 Å². The van der Waals surface area contributed by atoms with Crippen molar-refractivity contribution < 1.29 is 30.3 Å². The number of carbonyl (C=O) groups is 1. The lowest BCUT2D eigenvalue weighted by molar-refractivity contribution is -0.176. The van der Waals surface area contributed by atoms with Crippen molar-refractivity contribution in [2.45, 2.75) is 155 Å². The standard InChI is InChI=1S/C19H32O3.C19H28O3/c2*1-18-10-8-15(20)17(22)14(18)4-3-11-12-5-6-16(21)19(12,2)9-7-13(11)18/h11-17,20-22H,3-10H2,1-2H3;11-13,16,21-22H,3-10H2,1-2H3/t11-,12-,13-,14?,15?,16-,17?,18+,19-;11-,12-,13-,16-,18+,19-/m00/s1. The lowest BCUT2D eigenvalue weighted by Gasteiger charge is -2.61. The number of Topliss-reactive ketones (excluding diaryl/α,β-unsaturated/α-hetero) is 1. The predicted molar refractivity (Wildman–Crippen MR) is 169 cm³/mol. The van der Waals surface area contributed by atoms with Gasteiger partial charge < -0.3 is 25.5 Å². The van der Waals surface area contributed by atoms with Crippen LogP contribution in [0.15, 0.2) is 11.3 Å². The smallest absolute Gasteiger partial charge is 0.197 e. The van der Waals surface area contributed by atoms with E-state index in [1.807, 2.05) is 0 Å². The zero-order valence-electron chi connectivity index (χ0n) is 27.8. The highest BCUT2D eigenvalue weighted by molar-refractivity contribution is 5.95. The van der Waals surface area contributed by atoms with E-state index < -0.39 is 12.2 Å². The molecule has 15 atom stereocenters. The second-order valence-corrected chi connectivity index (χ2v) is 18.0. The summed E-state index contributed by atoms with van der Waals surface area (Å²) in [4.78, 5) is 11.9. The van der Waals surface area contributed by atoms with Gasteiger partial charge in [0, 0.05) is 6.42 Å². The number of hydrogen-bond acceptors (Lipinski definition) is 6. The van der Waals surface area contributed by atoms with Crippen LogP contribution in [0.4, 0.5) is 0 Å². The highest BCUT2D eigenvalue weighted by Gasteiger charge is 2.62. The number of ketones is 1. The van der Waals surface area contributed by atoms with Crippen LogP contribution >= 0.6 is 0 Å². The molecule has 0 aliphatic heterocycles. The van der Waals surface area contributed by atoms with Gasteiger partial charge in [-0.1, -0.05) is 27.7 Å². The molecule has 44 heavy (non-hydrogen) atoms. The van der Waals surface area contributed by atoms with Gasteiger partial charge in [0.15, 0.2) is 11.5 Å². The van der Waals surface area contributed by atoms with Crippen LogP contribution in [-0.2, 0) is 4.79 Å². The first-order chi connectivity index (χ1) is 20.8. The monoisotopic (exact) mass is 612 g/mol. The summed E-state index contributed by atoms with van der Waals surface area (Å²) in [6.45, 7) is 9.29. The van der Waals surface area contributed by atoms with Gasteiger partial charge >= 0.3 is 0 Å². The van der Waals surface area contributed by atoms with E-state index in [9.17, 15) is 30.3 Å². The van der Waals surface area contributed by atoms with E-state index in [4.69, 9.17) is 0 Å². The molecule has 6 nitrogen and oxygen atoms in total. The first kappa shape index (κ1) is 31.6. The summed E-state index contributed by atoms with van der Waals surface area (Å²) in [5, 5.41) is 51.8. The normalized spacial score (nSPS) is 56.3. The third-order valence-corrected chi connectivity index (χ3v) is 16.7. The average molecular weight is 613 g/mol. The topological polar surface area (TPSA) is 118 Å². The fourth-order valence-electron chi connectivity index (χ4n) is 13.9. The molecule has 7 saturated carbocycles. The molecular weight excluding hydrogens is 552 g/mol. The van der Waals surface area contributed by atoms with E-state index in [2.05, 4.69) is 27.7 Å². The molecule has 0 bridgehead atoms. The molecule has 5 N–H and O–H groups in total. The molecule has 0 aromatic rings. The number of carbonyl (C=O) groups excluding carboxylic acids is 1. The highest BCUT2D eigenvalue weighted by Crippen LogP contribution is 2.67. The molecule has 0 amide bonds. The Morgan fingerprint density at radius 2 is 1.07 bits per heavy atom. The van der Waals surface area contributed by atoms with Gasteiger partial charge in [0.25, 0.3) is 0 Å². The fraction of sp³-hybridized carbons (Fsp3) is 0.921. The number of hydrogen-bond donors (Lipinski definition) is 5. The maximum Gasteiger partial charge on any atom is 0.197 e. The summed E-state index contributed by atoms with van der Waals surface area (Å²) in [5.41, 5.74) is 1.49. The van der Waals surface area contributed by atoms with E-state index >= 15 is 0 Å². The molecule has 3 unspecified atom stereocenters. The van der Waals surface area contributed by atoms with Gasteiger partial charge in [-0.2, -0.15) is 0 Å². The number of aliphatic hydroxyl groups excluding tert-OH is 5. The van der Waals surface area contributed by atoms with E-state index in [0.717, 1.165) is 88.5 Å². The molecule has 0 spiro atoms. The van der Waals surface area contributed by atoms with Gasteiger partial charge in [0.2, 0.25) is 0 Å². The molecule has 8 aliphatic carbocycles. The SMILES string of the molecule is C[C@]12CC[C@H]3[C@@H](CCC4=C(O)C(=O)CC[C@@]43C)[C@@H]1CC[C@@H]2O.C[C@]12CC[C@H]3[C@@H](CCC4C(O)C(O)CC[C@@]43C)[C@@H]1CC[C@@H]2O.